The number of hydrogen-bond donors (Lipinski definition) is 1. The minimum Gasteiger partial charge on any atom is -0.368 e. The third-order valence-electron chi connectivity index (χ3n) is 4.44. The smallest absolute Gasteiger partial charge is 0.320 e. The van der Waals surface area contributed by atoms with E-state index in [-0.39, 0.29) is 6.03 Å². The number of anilines is 1. The molecular weight excluding hydrogens is 280 g/mol. The van der Waals surface area contributed by atoms with Crippen LogP contribution >= 0.6 is 0 Å². The van der Waals surface area contributed by atoms with E-state index in [1.54, 1.807) is 12.1 Å². The number of rotatable bonds is 2. The summed E-state index contributed by atoms with van der Waals surface area (Å²) in [6, 6.07) is 7.51. The molecule has 6 heteroatoms. The van der Waals surface area contributed by atoms with E-state index in [4.69, 9.17) is 5.73 Å². The average Bonchev–Trinajstić information content (AvgIpc) is 3.09. The second kappa shape index (κ2) is 6.25. The van der Waals surface area contributed by atoms with Crippen LogP contribution in [0.3, 0.4) is 0 Å². The number of urea groups is 1. The molecule has 0 unspecified atom stereocenters. The summed E-state index contributed by atoms with van der Waals surface area (Å²) in [5, 5.41) is 0. The number of nitrogens with zero attached hydrogens (tertiary/aromatic N) is 3. The zero-order valence-electron chi connectivity index (χ0n) is 12.7. The molecule has 2 aliphatic rings. The molecule has 2 fully saturated rings. The number of carbonyl (C=O) groups is 2. The van der Waals surface area contributed by atoms with Gasteiger partial charge in [-0.25, -0.2) is 4.79 Å². The molecule has 2 aliphatic heterocycles. The predicted octanol–water partition coefficient (Wildman–Crippen LogP) is 1.12. The van der Waals surface area contributed by atoms with Gasteiger partial charge in [-0.1, -0.05) is 0 Å². The summed E-state index contributed by atoms with van der Waals surface area (Å²) in [4.78, 5) is 29.6. The Kier molecular flexibility index (Phi) is 4.18. The Morgan fingerprint density at radius 1 is 0.818 bits per heavy atom. The first-order valence-corrected chi connectivity index (χ1v) is 7.84. The third-order valence-corrected chi connectivity index (χ3v) is 4.44. The highest BCUT2D eigenvalue weighted by atomic mass is 16.2. The molecule has 1 aromatic rings. The lowest BCUT2D eigenvalue weighted by molar-refractivity contribution is 0.1000. The summed E-state index contributed by atoms with van der Waals surface area (Å²) in [6.07, 6.45) is 2.25. The van der Waals surface area contributed by atoms with Crippen molar-refractivity contribution in [1.82, 2.24) is 9.80 Å². The van der Waals surface area contributed by atoms with E-state index in [2.05, 4.69) is 4.90 Å². The highest BCUT2D eigenvalue weighted by Gasteiger charge is 2.26. The normalized spacial score (nSPS) is 18.6. The maximum absolute atomic E-state index is 12.3. The van der Waals surface area contributed by atoms with Crippen molar-refractivity contribution in [2.45, 2.75) is 12.8 Å². The molecule has 0 saturated carbocycles. The van der Waals surface area contributed by atoms with Crippen LogP contribution in [0.5, 0.6) is 0 Å². The summed E-state index contributed by atoms with van der Waals surface area (Å²) in [7, 11) is 0. The number of piperazine rings is 1. The first-order chi connectivity index (χ1) is 10.6. The molecule has 2 heterocycles. The van der Waals surface area contributed by atoms with E-state index < -0.39 is 5.91 Å². The van der Waals surface area contributed by atoms with Crippen LogP contribution in [0, 0.1) is 0 Å². The molecule has 3 rings (SSSR count). The van der Waals surface area contributed by atoms with Gasteiger partial charge in [-0.3, -0.25) is 4.79 Å². The lowest BCUT2D eigenvalue weighted by Crippen LogP contribution is -2.52. The molecule has 0 radical (unpaired) electrons. The molecule has 0 atom stereocenters. The van der Waals surface area contributed by atoms with Crippen molar-refractivity contribution in [3.8, 4) is 0 Å². The molecule has 0 bridgehead atoms. The Labute approximate surface area is 130 Å². The van der Waals surface area contributed by atoms with Crippen LogP contribution in [-0.2, 0) is 0 Å². The number of carbonyl (C=O) groups excluding carboxylic acids is 2. The van der Waals surface area contributed by atoms with Gasteiger partial charge in [-0.2, -0.15) is 0 Å². The second-order valence-corrected chi connectivity index (χ2v) is 5.86. The number of primary amides is 1. The number of likely N-dealkylation sites (tertiary alicyclic amines) is 1. The molecule has 22 heavy (non-hydrogen) atoms. The molecule has 0 spiro atoms. The number of hydrogen-bond acceptors (Lipinski definition) is 3. The maximum atomic E-state index is 12.3. The Bertz CT molecular complexity index is 544. The summed E-state index contributed by atoms with van der Waals surface area (Å²) in [5.41, 5.74) is 6.84. The van der Waals surface area contributed by atoms with Gasteiger partial charge in [0.15, 0.2) is 0 Å². The van der Waals surface area contributed by atoms with Crippen LogP contribution < -0.4 is 10.6 Å². The highest BCUT2D eigenvalue weighted by Crippen LogP contribution is 2.18. The van der Waals surface area contributed by atoms with Crippen molar-refractivity contribution >= 4 is 17.6 Å². The van der Waals surface area contributed by atoms with Gasteiger partial charge in [0.2, 0.25) is 5.91 Å². The van der Waals surface area contributed by atoms with Gasteiger partial charge in [0, 0.05) is 50.5 Å². The van der Waals surface area contributed by atoms with E-state index in [0.717, 1.165) is 57.8 Å². The fraction of sp³-hybridized carbons (Fsp3) is 0.500. The van der Waals surface area contributed by atoms with Crippen LogP contribution in [0.15, 0.2) is 24.3 Å². The van der Waals surface area contributed by atoms with Gasteiger partial charge in [0.25, 0.3) is 0 Å². The van der Waals surface area contributed by atoms with Crippen LogP contribution in [0.2, 0.25) is 0 Å². The average molecular weight is 302 g/mol. The standard InChI is InChI=1S/C16H22N4O2/c17-15(21)13-3-5-14(6-4-13)18-9-11-20(12-10-18)16(22)19-7-1-2-8-19/h3-6H,1-2,7-12H2,(H2,17,21). The summed E-state index contributed by atoms with van der Waals surface area (Å²) in [6.45, 7) is 4.91. The quantitative estimate of drug-likeness (QED) is 0.890. The van der Waals surface area contributed by atoms with Gasteiger partial charge >= 0.3 is 6.03 Å². The lowest BCUT2D eigenvalue weighted by atomic mass is 10.1. The van der Waals surface area contributed by atoms with E-state index in [1.807, 2.05) is 21.9 Å². The van der Waals surface area contributed by atoms with Crippen molar-refractivity contribution in [1.29, 1.82) is 0 Å². The Hall–Kier alpha value is -2.24. The SMILES string of the molecule is NC(=O)c1ccc(N2CCN(C(=O)N3CCCC3)CC2)cc1. The van der Waals surface area contributed by atoms with Gasteiger partial charge in [-0.05, 0) is 37.1 Å². The fourth-order valence-corrected chi connectivity index (χ4v) is 3.10. The van der Waals surface area contributed by atoms with Gasteiger partial charge < -0.3 is 20.4 Å². The predicted molar refractivity (Wildman–Crippen MR) is 84.9 cm³/mol. The Morgan fingerprint density at radius 2 is 1.36 bits per heavy atom. The molecule has 0 aliphatic carbocycles. The Morgan fingerprint density at radius 3 is 1.91 bits per heavy atom. The van der Waals surface area contributed by atoms with E-state index in [1.165, 1.54) is 0 Å². The minimum absolute atomic E-state index is 0.182. The number of benzene rings is 1. The molecule has 118 valence electrons. The van der Waals surface area contributed by atoms with Crippen molar-refractivity contribution in [2.24, 2.45) is 5.73 Å². The first-order valence-electron chi connectivity index (χ1n) is 7.84. The first kappa shape index (κ1) is 14.7. The van der Waals surface area contributed by atoms with Crippen LogP contribution in [-0.4, -0.2) is 61.0 Å². The topological polar surface area (TPSA) is 69.9 Å². The van der Waals surface area contributed by atoms with Crippen molar-refractivity contribution < 1.29 is 9.59 Å². The molecule has 0 aromatic heterocycles. The molecule has 3 amide bonds. The molecule has 2 N–H and O–H groups in total. The second-order valence-electron chi connectivity index (χ2n) is 5.86. The molecule has 1 aromatic carbocycles. The largest absolute Gasteiger partial charge is 0.368 e. The lowest BCUT2D eigenvalue weighted by Gasteiger charge is -2.37. The molecule has 2 saturated heterocycles. The molecular formula is C16H22N4O2. The zero-order chi connectivity index (χ0) is 15.5. The fourth-order valence-electron chi connectivity index (χ4n) is 3.10. The van der Waals surface area contributed by atoms with Gasteiger partial charge in [0.05, 0.1) is 0 Å². The van der Waals surface area contributed by atoms with Crippen molar-refractivity contribution in [2.75, 3.05) is 44.2 Å². The Balaban J connectivity index is 1.57. The number of nitrogens with two attached hydrogens (primary N) is 1. The maximum Gasteiger partial charge on any atom is 0.320 e. The summed E-state index contributed by atoms with van der Waals surface area (Å²) < 4.78 is 0. The third kappa shape index (κ3) is 3.00. The van der Waals surface area contributed by atoms with E-state index in [0.29, 0.717) is 5.56 Å². The monoisotopic (exact) mass is 302 g/mol. The number of amides is 3. The highest BCUT2D eigenvalue weighted by molar-refractivity contribution is 5.93. The van der Waals surface area contributed by atoms with Crippen LogP contribution in [0.4, 0.5) is 10.5 Å². The van der Waals surface area contributed by atoms with Gasteiger partial charge in [0.1, 0.15) is 0 Å². The van der Waals surface area contributed by atoms with E-state index >= 15 is 0 Å². The van der Waals surface area contributed by atoms with Crippen LogP contribution in [0.25, 0.3) is 0 Å². The van der Waals surface area contributed by atoms with Crippen molar-refractivity contribution in [3.05, 3.63) is 29.8 Å². The van der Waals surface area contributed by atoms with Crippen molar-refractivity contribution in [3.63, 3.8) is 0 Å². The zero-order valence-corrected chi connectivity index (χ0v) is 12.7. The summed E-state index contributed by atoms with van der Waals surface area (Å²) >= 11 is 0. The summed E-state index contributed by atoms with van der Waals surface area (Å²) in [5.74, 6) is -0.410. The van der Waals surface area contributed by atoms with Gasteiger partial charge in [-0.15, -0.1) is 0 Å². The molecule has 6 nitrogen and oxygen atoms in total. The minimum atomic E-state index is -0.410. The van der Waals surface area contributed by atoms with Crippen LogP contribution in [0.1, 0.15) is 23.2 Å². The van der Waals surface area contributed by atoms with E-state index in [9.17, 15) is 9.59 Å².